The first-order valence-corrected chi connectivity index (χ1v) is 6.83. The minimum Gasteiger partial charge on any atom is -0.294 e. The summed E-state index contributed by atoms with van der Waals surface area (Å²) in [5.74, 6) is -0.502. The van der Waals surface area contributed by atoms with Crippen LogP contribution in [0, 0.1) is 5.82 Å². The van der Waals surface area contributed by atoms with E-state index in [0.717, 1.165) is 10.9 Å². The summed E-state index contributed by atoms with van der Waals surface area (Å²) in [5, 5.41) is 1.29. The van der Waals surface area contributed by atoms with Crippen molar-refractivity contribution in [3.63, 3.8) is 0 Å². The van der Waals surface area contributed by atoms with Gasteiger partial charge in [-0.25, -0.2) is 4.39 Å². The molecule has 0 aliphatic carbocycles. The molecule has 0 N–H and O–H groups in total. The van der Waals surface area contributed by atoms with Crippen molar-refractivity contribution in [3.8, 4) is 0 Å². The van der Waals surface area contributed by atoms with Crippen LogP contribution in [0.3, 0.4) is 0 Å². The van der Waals surface area contributed by atoms with E-state index >= 15 is 0 Å². The van der Waals surface area contributed by atoms with Gasteiger partial charge in [0.25, 0.3) is 0 Å². The quantitative estimate of drug-likeness (QED) is 0.669. The third-order valence-electron chi connectivity index (χ3n) is 3.28. The number of carbonyl (C=O) groups is 1. The molecule has 0 unspecified atom stereocenters. The molecule has 4 heteroatoms. The van der Waals surface area contributed by atoms with Crippen molar-refractivity contribution in [1.82, 2.24) is 4.98 Å². The normalized spacial score (nSPS) is 10.8. The Hall–Kier alpha value is -2.26. The van der Waals surface area contributed by atoms with Gasteiger partial charge in [0, 0.05) is 28.6 Å². The molecule has 1 aromatic heterocycles. The number of nitrogens with zero attached hydrogens (tertiary/aromatic N) is 1. The number of Topliss-reactive ketones (excluding diaryl/α,β-unsaturated/α-hetero) is 1. The molecule has 3 rings (SSSR count). The second kappa shape index (κ2) is 5.62. The molecule has 0 saturated heterocycles. The molecule has 0 spiro atoms. The van der Waals surface area contributed by atoms with E-state index in [1.54, 1.807) is 24.4 Å². The van der Waals surface area contributed by atoms with Gasteiger partial charge in [-0.15, -0.1) is 0 Å². The van der Waals surface area contributed by atoms with Crippen LogP contribution in [-0.2, 0) is 6.42 Å². The third kappa shape index (κ3) is 2.93. The van der Waals surface area contributed by atoms with Crippen molar-refractivity contribution < 1.29 is 9.18 Å². The molecule has 0 fully saturated rings. The monoisotopic (exact) mass is 299 g/mol. The van der Waals surface area contributed by atoms with Crippen LogP contribution in [0.25, 0.3) is 10.9 Å². The van der Waals surface area contributed by atoms with Gasteiger partial charge < -0.3 is 0 Å². The number of aromatic nitrogens is 1. The van der Waals surface area contributed by atoms with Gasteiger partial charge in [0.05, 0.1) is 5.52 Å². The number of rotatable bonds is 3. The van der Waals surface area contributed by atoms with Gasteiger partial charge in [0.15, 0.2) is 5.78 Å². The highest BCUT2D eigenvalue weighted by Gasteiger charge is 2.11. The minimum absolute atomic E-state index is 0.0718. The van der Waals surface area contributed by atoms with Crippen LogP contribution in [-0.4, -0.2) is 10.8 Å². The number of hydrogen-bond acceptors (Lipinski definition) is 2. The molecule has 1 heterocycles. The van der Waals surface area contributed by atoms with Crippen molar-refractivity contribution in [2.24, 2.45) is 0 Å². The Labute approximate surface area is 126 Å². The molecule has 0 radical (unpaired) electrons. The lowest BCUT2D eigenvalue weighted by molar-refractivity contribution is 0.0993. The molecule has 104 valence electrons. The zero-order chi connectivity index (χ0) is 14.8. The van der Waals surface area contributed by atoms with Gasteiger partial charge in [0.2, 0.25) is 0 Å². The van der Waals surface area contributed by atoms with Crippen LogP contribution in [0.1, 0.15) is 15.9 Å². The Morgan fingerprint density at radius 3 is 2.86 bits per heavy atom. The fourth-order valence-electron chi connectivity index (χ4n) is 2.20. The van der Waals surface area contributed by atoms with Crippen LogP contribution in [0.5, 0.6) is 0 Å². The second-order valence-electron chi connectivity index (χ2n) is 4.75. The summed E-state index contributed by atoms with van der Waals surface area (Å²) in [6, 6.07) is 13.1. The van der Waals surface area contributed by atoms with Crippen LogP contribution >= 0.6 is 11.6 Å². The largest absolute Gasteiger partial charge is 0.294 e. The summed E-state index contributed by atoms with van der Waals surface area (Å²) in [7, 11) is 0. The van der Waals surface area contributed by atoms with Crippen LogP contribution < -0.4 is 0 Å². The molecule has 2 nitrogen and oxygen atoms in total. The van der Waals surface area contributed by atoms with Crippen molar-refractivity contribution >= 4 is 28.3 Å². The summed E-state index contributed by atoms with van der Waals surface area (Å²) in [4.78, 5) is 16.5. The predicted octanol–water partition coefficient (Wildman–Crippen LogP) is 4.45. The third-order valence-corrected chi connectivity index (χ3v) is 3.65. The Morgan fingerprint density at radius 1 is 1.14 bits per heavy atom. The zero-order valence-corrected chi connectivity index (χ0v) is 11.8. The van der Waals surface area contributed by atoms with Crippen molar-refractivity contribution in [2.45, 2.75) is 6.42 Å². The summed E-state index contributed by atoms with van der Waals surface area (Å²) in [6.07, 6.45) is 1.78. The second-order valence-corrected chi connectivity index (χ2v) is 5.15. The van der Waals surface area contributed by atoms with E-state index in [0.29, 0.717) is 16.1 Å². The van der Waals surface area contributed by atoms with E-state index in [4.69, 9.17) is 11.6 Å². The number of carbonyl (C=O) groups excluding carboxylic acids is 1. The van der Waals surface area contributed by atoms with Crippen LogP contribution in [0.4, 0.5) is 4.39 Å². The van der Waals surface area contributed by atoms with Crippen molar-refractivity contribution in [3.05, 3.63) is 76.7 Å². The van der Waals surface area contributed by atoms with Crippen LogP contribution in [0.15, 0.2) is 54.7 Å². The average Bonchev–Trinajstić information content (AvgIpc) is 2.50. The van der Waals surface area contributed by atoms with E-state index in [-0.39, 0.29) is 12.2 Å². The molecule has 0 saturated carbocycles. The molecule has 0 aliphatic rings. The van der Waals surface area contributed by atoms with Crippen molar-refractivity contribution in [2.75, 3.05) is 0 Å². The smallest absolute Gasteiger partial charge is 0.167 e. The average molecular weight is 300 g/mol. The Balaban J connectivity index is 1.91. The molecule has 0 atom stereocenters. The summed E-state index contributed by atoms with van der Waals surface area (Å²) >= 11 is 5.99. The van der Waals surface area contributed by atoms with E-state index in [2.05, 4.69) is 4.98 Å². The molecule has 0 bridgehead atoms. The number of ketones is 1. The molecule has 0 amide bonds. The number of pyridine rings is 1. The zero-order valence-electron chi connectivity index (χ0n) is 11.0. The SMILES string of the molecule is O=C(Cc1cc(F)ccc1Cl)c1ccc2ncccc2c1. The Bertz CT molecular complexity index is 832. The van der Waals surface area contributed by atoms with Gasteiger partial charge in [-0.05, 0) is 48.0 Å². The highest BCUT2D eigenvalue weighted by Crippen LogP contribution is 2.20. The summed E-state index contributed by atoms with van der Waals surface area (Å²) in [5.41, 5.74) is 1.89. The number of fused-ring (bicyclic) bond motifs is 1. The molecule has 0 aliphatic heterocycles. The maximum absolute atomic E-state index is 13.2. The van der Waals surface area contributed by atoms with E-state index in [9.17, 15) is 9.18 Å². The summed E-state index contributed by atoms with van der Waals surface area (Å²) < 4.78 is 13.2. The van der Waals surface area contributed by atoms with Gasteiger partial charge in [0.1, 0.15) is 5.82 Å². The Kier molecular flexibility index (Phi) is 3.67. The number of hydrogen-bond donors (Lipinski definition) is 0. The first kappa shape index (κ1) is 13.7. The fourth-order valence-corrected chi connectivity index (χ4v) is 2.39. The minimum atomic E-state index is -0.398. The van der Waals surface area contributed by atoms with E-state index in [1.807, 2.05) is 12.1 Å². The standard InChI is InChI=1S/C17H11ClFNO/c18-15-5-4-14(19)9-13(15)10-17(21)12-3-6-16-11(8-12)2-1-7-20-16/h1-9H,10H2. The highest BCUT2D eigenvalue weighted by atomic mass is 35.5. The lowest BCUT2D eigenvalue weighted by Crippen LogP contribution is -2.04. The first-order valence-electron chi connectivity index (χ1n) is 6.45. The lowest BCUT2D eigenvalue weighted by atomic mass is 10.0. The van der Waals surface area contributed by atoms with E-state index < -0.39 is 5.82 Å². The molecular weight excluding hydrogens is 289 g/mol. The molecule has 21 heavy (non-hydrogen) atoms. The van der Waals surface area contributed by atoms with Crippen LogP contribution in [0.2, 0.25) is 5.02 Å². The van der Waals surface area contributed by atoms with Crippen molar-refractivity contribution in [1.29, 1.82) is 0 Å². The van der Waals surface area contributed by atoms with Gasteiger partial charge in [-0.3, -0.25) is 9.78 Å². The highest BCUT2D eigenvalue weighted by molar-refractivity contribution is 6.31. The van der Waals surface area contributed by atoms with Gasteiger partial charge in [-0.1, -0.05) is 17.7 Å². The maximum atomic E-state index is 13.2. The van der Waals surface area contributed by atoms with E-state index in [1.165, 1.54) is 18.2 Å². The fraction of sp³-hybridized carbons (Fsp3) is 0.0588. The Morgan fingerprint density at radius 2 is 2.00 bits per heavy atom. The number of benzene rings is 2. The predicted molar refractivity (Wildman–Crippen MR) is 81.2 cm³/mol. The lowest BCUT2D eigenvalue weighted by Gasteiger charge is -2.05. The maximum Gasteiger partial charge on any atom is 0.167 e. The number of halogens is 2. The molecule has 3 aromatic rings. The van der Waals surface area contributed by atoms with Gasteiger partial charge >= 0.3 is 0 Å². The van der Waals surface area contributed by atoms with Gasteiger partial charge in [-0.2, -0.15) is 0 Å². The first-order chi connectivity index (χ1) is 10.1. The summed E-state index contributed by atoms with van der Waals surface area (Å²) in [6.45, 7) is 0. The molecule has 2 aromatic carbocycles. The topological polar surface area (TPSA) is 30.0 Å². The molecular formula is C17H11ClFNO.